The van der Waals surface area contributed by atoms with Crippen LogP contribution in [0.5, 0.6) is 0 Å². The molecule has 1 aromatic carbocycles. The van der Waals surface area contributed by atoms with Gasteiger partial charge in [0.1, 0.15) is 12.5 Å². The minimum absolute atomic E-state index is 0.714. The number of rotatable bonds is 4. The molecule has 4 N–H and O–H groups in total. The van der Waals surface area contributed by atoms with Gasteiger partial charge < -0.3 is 10.2 Å². The fourth-order valence-corrected chi connectivity index (χ4v) is 1.46. The van der Waals surface area contributed by atoms with Crippen LogP contribution >= 0.6 is 15.9 Å². The molecule has 2 unspecified atom stereocenters. The van der Waals surface area contributed by atoms with Crippen LogP contribution in [0.2, 0.25) is 0 Å². The molecular weight excluding hydrogens is 260 g/mol. The summed E-state index contributed by atoms with van der Waals surface area (Å²) in [4.78, 5) is 0. The molecule has 15 heavy (non-hydrogen) atoms. The first kappa shape index (κ1) is 12.6. The number of halogens is 1. The maximum atomic E-state index is 9.68. The summed E-state index contributed by atoms with van der Waals surface area (Å²) < 4.78 is 0.942. The number of hydrogen-bond donors (Lipinski definition) is 4. The van der Waals surface area contributed by atoms with E-state index in [0.717, 1.165) is 15.6 Å². The van der Waals surface area contributed by atoms with E-state index < -0.39 is 12.5 Å². The molecule has 0 aliphatic carbocycles. The van der Waals surface area contributed by atoms with E-state index in [0.29, 0.717) is 0 Å². The minimum atomic E-state index is -0.850. The Morgan fingerprint density at radius 1 is 1.27 bits per heavy atom. The number of hydrazine groups is 1. The molecule has 0 fully saturated rings. The Morgan fingerprint density at radius 2 is 1.93 bits per heavy atom. The van der Waals surface area contributed by atoms with Crippen molar-refractivity contribution in [2.24, 2.45) is 0 Å². The normalized spacial score (nSPS) is 15.0. The minimum Gasteiger partial charge on any atom is -0.378 e. The van der Waals surface area contributed by atoms with Gasteiger partial charge in [-0.2, -0.15) is 0 Å². The average molecular weight is 275 g/mol. The van der Waals surface area contributed by atoms with Crippen LogP contribution in [0, 0.1) is 6.92 Å². The van der Waals surface area contributed by atoms with Crippen molar-refractivity contribution in [1.82, 2.24) is 10.9 Å². The van der Waals surface area contributed by atoms with Gasteiger partial charge in [0, 0.05) is 4.47 Å². The van der Waals surface area contributed by atoms with Crippen molar-refractivity contribution in [2.75, 3.05) is 0 Å². The first-order chi connectivity index (χ1) is 7.00. The van der Waals surface area contributed by atoms with Gasteiger partial charge in [0.15, 0.2) is 0 Å². The van der Waals surface area contributed by atoms with E-state index in [1.54, 1.807) is 6.92 Å². The molecule has 0 heterocycles. The Hall–Kier alpha value is -0.460. The summed E-state index contributed by atoms with van der Waals surface area (Å²) in [5.74, 6) is 0. The topological polar surface area (TPSA) is 64.5 Å². The third kappa shape index (κ3) is 3.89. The van der Waals surface area contributed by atoms with Crippen LogP contribution < -0.4 is 10.9 Å². The molecule has 2 atom stereocenters. The second-order valence-electron chi connectivity index (χ2n) is 3.38. The monoisotopic (exact) mass is 274 g/mol. The molecule has 0 aromatic heterocycles. The molecule has 0 amide bonds. The van der Waals surface area contributed by atoms with Gasteiger partial charge >= 0.3 is 0 Å². The van der Waals surface area contributed by atoms with Crippen LogP contribution in [0.3, 0.4) is 0 Å². The van der Waals surface area contributed by atoms with Crippen molar-refractivity contribution in [3.05, 3.63) is 33.8 Å². The molecule has 0 aliphatic heterocycles. The smallest absolute Gasteiger partial charge is 0.143 e. The summed E-state index contributed by atoms with van der Waals surface area (Å²) in [7, 11) is 0. The van der Waals surface area contributed by atoms with Crippen molar-refractivity contribution in [2.45, 2.75) is 26.3 Å². The molecule has 5 heteroatoms. The number of benzene rings is 1. The molecule has 0 saturated carbocycles. The number of nitrogens with one attached hydrogen (secondary N) is 2. The van der Waals surface area contributed by atoms with Crippen LogP contribution in [0.4, 0.5) is 0 Å². The fraction of sp³-hybridized carbons (Fsp3) is 0.400. The molecule has 0 saturated heterocycles. The summed E-state index contributed by atoms with van der Waals surface area (Å²) in [5, 5.41) is 18.6. The van der Waals surface area contributed by atoms with E-state index in [1.807, 2.05) is 25.1 Å². The first-order valence-corrected chi connectivity index (χ1v) is 5.43. The van der Waals surface area contributed by atoms with E-state index in [9.17, 15) is 5.11 Å². The fourth-order valence-electron chi connectivity index (χ4n) is 1.06. The van der Waals surface area contributed by atoms with Crippen molar-refractivity contribution in [1.29, 1.82) is 0 Å². The van der Waals surface area contributed by atoms with Gasteiger partial charge in [-0.3, -0.25) is 0 Å². The molecule has 1 rings (SSSR count). The predicted octanol–water partition coefficient (Wildman–Crippen LogP) is 1.18. The van der Waals surface area contributed by atoms with Gasteiger partial charge in [0.25, 0.3) is 0 Å². The summed E-state index contributed by atoms with van der Waals surface area (Å²) in [5.41, 5.74) is 6.93. The molecule has 0 spiro atoms. The van der Waals surface area contributed by atoms with Gasteiger partial charge in [0.2, 0.25) is 0 Å². The van der Waals surface area contributed by atoms with Gasteiger partial charge in [-0.05, 0) is 31.0 Å². The lowest BCUT2D eigenvalue weighted by Crippen LogP contribution is -2.41. The SMILES string of the molecule is Cc1ccc(C(O)NNC(C)O)cc1Br. The summed E-state index contributed by atoms with van der Waals surface area (Å²) in [6, 6.07) is 5.56. The average Bonchev–Trinajstić information content (AvgIpc) is 2.18. The summed E-state index contributed by atoms with van der Waals surface area (Å²) >= 11 is 3.39. The number of hydrogen-bond acceptors (Lipinski definition) is 4. The molecule has 0 radical (unpaired) electrons. The Morgan fingerprint density at radius 3 is 2.47 bits per heavy atom. The maximum Gasteiger partial charge on any atom is 0.143 e. The maximum absolute atomic E-state index is 9.68. The third-order valence-corrected chi connectivity index (χ3v) is 2.79. The van der Waals surface area contributed by atoms with Crippen molar-refractivity contribution < 1.29 is 10.2 Å². The van der Waals surface area contributed by atoms with E-state index in [2.05, 4.69) is 26.8 Å². The highest BCUT2D eigenvalue weighted by Crippen LogP contribution is 2.20. The van der Waals surface area contributed by atoms with Gasteiger partial charge in [0.05, 0.1) is 0 Å². The highest BCUT2D eigenvalue weighted by Gasteiger charge is 2.08. The largest absolute Gasteiger partial charge is 0.378 e. The zero-order chi connectivity index (χ0) is 11.4. The third-order valence-electron chi connectivity index (χ3n) is 1.94. The second kappa shape index (κ2) is 5.58. The van der Waals surface area contributed by atoms with Crippen molar-refractivity contribution in [3.63, 3.8) is 0 Å². The lowest BCUT2D eigenvalue weighted by molar-refractivity contribution is 0.0649. The van der Waals surface area contributed by atoms with Crippen LogP contribution in [-0.2, 0) is 0 Å². The van der Waals surface area contributed by atoms with Gasteiger partial charge in [-0.15, -0.1) is 0 Å². The Labute approximate surface area is 97.4 Å². The van der Waals surface area contributed by atoms with Crippen LogP contribution in [-0.4, -0.2) is 16.4 Å². The molecule has 0 bridgehead atoms. The number of aliphatic hydroxyl groups excluding tert-OH is 2. The quantitative estimate of drug-likeness (QED) is 0.492. The van der Waals surface area contributed by atoms with Crippen molar-refractivity contribution >= 4 is 15.9 Å². The lowest BCUT2D eigenvalue weighted by atomic mass is 10.1. The molecule has 1 aromatic rings. The number of aliphatic hydroxyl groups is 2. The predicted molar refractivity (Wildman–Crippen MR) is 61.8 cm³/mol. The van der Waals surface area contributed by atoms with Gasteiger partial charge in [-0.1, -0.05) is 28.1 Å². The van der Waals surface area contributed by atoms with Gasteiger partial charge in [-0.25, -0.2) is 10.9 Å². The number of aryl methyl sites for hydroxylation is 1. The molecule has 0 aliphatic rings. The summed E-state index contributed by atoms with van der Waals surface area (Å²) in [6.45, 7) is 3.53. The zero-order valence-electron chi connectivity index (χ0n) is 8.66. The zero-order valence-corrected chi connectivity index (χ0v) is 10.2. The van der Waals surface area contributed by atoms with E-state index in [1.165, 1.54) is 0 Å². The molecule has 84 valence electrons. The van der Waals surface area contributed by atoms with E-state index in [4.69, 9.17) is 5.11 Å². The van der Waals surface area contributed by atoms with Crippen LogP contribution in [0.15, 0.2) is 22.7 Å². The van der Waals surface area contributed by atoms with Crippen molar-refractivity contribution in [3.8, 4) is 0 Å². The highest BCUT2D eigenvalue weighted by molar-refractivity contribution is 9.10. The molecule has 4 nitrogen and oxygen atoms in total. The Balaban J connectivity index is 2.65. The lowest BCUT2D eigenvalue weighted by Gasteiger charge is -2.16. The molecular formula is C10H15BrN2O2. The van der Waals surface area contributed by atoms with Crippen LogP contribution in [0.1, 0.15) is 24.3 Å². The van der Waals surface area contributed by atoms with Crippen LogP contribution in [0.25, 0.3) is 0 Å². The first-order valence-electron chi connectivity index (χ1n) is 4.64. The standard InChI is InChI=1S/C10H15BrN2O2/c1-6-3-4-8(5-9(6)11)10(15)13-12-7(2)14/h3-5,7,10,12-15H,1-2H3. The van der Waals surface area contributed by atoms with E-state index in [-0.39, 0.29) is 0 Å². The Bertz CT molecular complexity index is 331. The summed E-state index contributed by atoms with van der Waals surface area (Å²) in [6.07, 6.45) is -1.56. The van der Waals surface area contributed by atoms with E-state index >= 15 is 0 Å². The highest BCUT2D eigenvalue weighted by atomic mass is 79.9. The second-order valence-corrected chi connectivity index (χ2v) is 4.23. The Kier molecular flexibility index (Phi) is 4.69.